The Morgan fingerprint density at radius 2 is 2.14 bits per heavy atom. The van der Waals surface area contributed by atoms with Crippen LogP contribution in [0.1, 0.15) is 6.42 Å². The van der Waals surface area contributed by atoms with Crippen molar-refractivity contribution in [2.24, 2.45) is 0 Å². The minimum atomic E-state index is -4.46. The maximum atomic E-state index is 12.4. The predicted octanol–water partition coefficient (Wildman–Crippen LogP) is 1.01. The van der Waals surface area contributed by atoms with Gasteiger partial charge in [-0.15, -0.1) is 0 Å². The van der Waals surface area contributed by atoms with Crippen LogP contribution in [-0.4, -0.2) is 32.3 Å². The number of methoxy groups -OCH3 is 1. The molecule has 0 fully saturated rings. The van der Waals surface area contributed by atoms with E-state index in [1.54, 1.807) is 0 Å². The molecule has 0 saturated heterocycles. The van der Waals surface area contributed by atoms with Gasteiger partial charge in [0.05, 0.1) is 12.7 Å². The SMILES string of the molecule is COC(=O)C1=C(C(F)(F)F)CNCC1. The Kier molecular flexibility index (Phi) is 3.15. The molecule has 0 amide bonds. The smallest absolute Gasteiger partial charge is 0.414 e. The van der Waals surface area contributed by atoms with E-state index in [-0.39, 0.29) is 18.5 Å². The van der Waals surface area contributed by atoms with Crippen molar-refractivity contribution >= 4 is 5.97 Å². The highest BCUT2D eigenvalue weighted by atomic mass is 19.4. The second-order valence-electron chi connectivity index (χ2n) is 2.87. The van der Waals surface area contributed by atoms with Gasteiger partial charge in [-0.1, -0.05) is 0 Å². The summed E-state index contributed by atoms with van der Waals surface area (Å²) in [6.07, 6.45) is -4.40. The third kappa shape index (κ3) is 2.25. The average Bonchev–Trinajstić information content (AvgIpc) is 2.15. The topological polar surface area (TPSA) is 38.3 Å². The van der Waals surface area contributed by atoms with Gasteiger partial charge in [-0.2, -0.15) is 13.2 Å². The van der Waals surface area contributed by atoms with Gasteiger partial charge >= 0.3 is 12.1 Å². The molecule has 0 aromatic carbocycles. The monoisotopic (exact) mass is 209 g/mol. The summed E-state index contributed by atoms with van der Waals surface area (Å²) in [5.41, 5.74) is -1.09. The van der Waals surface area contributed by atoms with Crippen LogP contribution in [0.2, 0.25) is 0 Å². The summed E-state index contributed by atoms with van der Waals surface area (Å²) in [5, 5.41) is 2.56. The average molecular weight is 209 g/mol. The maximum absolute atomic E-state index is 12.4. The molecule has 0 saturated carbocycles. The molecule has 1 aliphatic heterocycles. The van der Waals surface area contributed by atoms with Gasteiger partial charge in [0, 0.05) is 12.1 Å². The molecule has 14 heavy (non-hydrogen) atoms. The van der Waals surface area contributed by atoms with E-state index in [1.165, 1.54) is 0 Å². The fourth-order valence-corrected chi connectivity index (χ4v) is 1.30. The molecule has 1 aliphatic rings. The fraction of sp³-hybridized carbons (Fsp3) is 0.625. The second-order valence-corrected chi connectivity index (χ2v) is 2.87. The Hall–Kier alpha value is -1.04. The first-order chi connectivity index (χ1) is 6.46. The number of carbonyl (C=O) groups is 1. The summed E-state index contributed by atoms with van der Waals surface area (Å²) in [6.45, 7) is 0.0396. The lowest BCUT2D eigenvalue weighted by molar-refractivity contribution is -0.138. The van der Waals surface area contributed by atoms with Gasteiger partial charge in [0.15, 0.2) is 0 Å². The van der Waals surface area contributed by atoms with Crippen LogP contribution >= 0.6 is 0 Å². The maximum Gasteiger partial charge on any atom is 0.414 e. The van der Waals surface area contributed by atoms with Gasteiger partial charge in [0.2, 0.25) is 0 Å². The van der Waals surface area contributed by atoms with Crippen LogP contribution in [0.4, 0.5) is 13.2 Å². The predicted molar refractivity (Wildman–Crippen MR) is 42.6 cm³/mol. The zero-order valence-electron chi connectivity index (χ0n) is 7.57. The lowest BCUT2D eigenvalue weighted by Gasteiger charge is -2.21. The molecule has 0 aromatic heterocycles. The van der Waals surface area contributed by atoms with E-state index in [2.05, 4.69) is 10.1 Å². The molecule has 0 atom stereocenters. The first-order valence-electron chi connectivity index (χ1n) is 4.05. The highest BCUT2D eigenvalue weighted by Gasteiger charge is 2.39. The Bertz CT molecular complexity index is 270. The summed E-state index contributed by atoms with van der Waals surface area (Å²) in [5.74, 6) is -0.890. The van der Waals surface area contributed by atoms with Crippen molar-refractivity contribution in [1.29, 1.82) is 0 Å². The summed E-state index contributed by atoms with van der Waals surface area (Å²) in [7, 11) is 1.07. The summed E-state index contributed by atoms with van der Waals surface area (Å²) < 4.78 is 41.4. The molecule has 0 aromatic rings. The zero-order chi connectivity index (χ0) is 10.8. The van der Waals surface area contributed by atoms with E-state index in [0.717, 1.165) is 7.11 Å². The van der Waals surface area contributed by atoms with Gasteiger partial charge in [-0.3, -0.25) is 0 Å². The number of rotatable bonds is 1. The van der Waals surface area contributed by atoms with Crippen LogP contribution in [0.3, 0.4) is 0 Å². The molecule has 80 valence electrons. The van der Waals surface area contributed by atoms with Crippen LogP contribution in [0.25, 0.3) is 0 Å². The minimum absolute atomic E-state index is 0.0571. The molecule has 1 heterocycles. The first kappa shape index (κ1) is 11.0. The van der Waals surface area contributed by atoms with Crippen molar-refractivity contribution in [3.05, 3.63) is 11.1 Å². The number of esters is 1. The Morgan fingerprint density at radius 3 is 2.64 bits per heavy atom. The normalized spacial score (nSPS) is 18.3. The van der Waals surface area contributed by atoms with Crippen LogP contribution in [-0.2, 0) is 9.53 Å². The molecule has 1 N–H and O–H groups in total. The van der Waals surface area contributed by atoms with Crippen molar-refractivity contribution in [2.75, 3.05) is 20.2 Å². The van der Waals surface area contributed by atoms with E-state index in [1.807, 2.05) is 0 Å². The van der Waals surface area contributed by atoms with E-state index in [4.69, 9.17) is 0 Å². The van der Waals surface area contributed by atoms with E-state index in [0.29, 0.717) is 6.54 Å². The van der Waals surface area contributed by atoms with Crippen LogP contribution in [0.15, 0.2) is 11.1 Å². The Balaban J connectivity index is 3.03. The van der Waals surface area contributed by atoms with Crippen LogP contribution < -0.4 is 5.32 Å². The van der Waals surface area contributed by atoms with Crippen molar-refractivity contribution in [2.45, 2.75) is 12.6 Å². The lowest BCUT2D eigenvalue weighted by Crippen LogP contribution is -2.34. The van der Waals surface area contributed by atoms with E-state index < -0.39 is 17.7 Å². The number of ether oxygens (including phenoxy) is 1. The van der Waals surface area contributed by atoms with E-state index >= 15 is 0 Å². The molecule has 0 radical (unpaired) electrons. The molecule has 6 heteroatoms. The van der Waals surface area contributed by atoms with E-state index in [9.17, 15) is 18.0 Å². The number of nitrogens with one attached hydrogen (secondary N) is 1. The number of halogens is 3. The number of hydrogen-bond acceptors (Lipinski definition) is 3. The van der Waals surface area contributed by atoms with Gasteiger partial charge in [0.25, 0.3) is 0 Å². The van der Waals surface area contributed by atoms with Crippen molar-refractivity contribution in [1.82, 2.24) is 5.32 Å². The Morgan fingerprint density at radius 1 is 1.50 bits per heavy atom. The molecule has 3 nitrogen and oxygen atoms in total. The summed E-state index contributed by atoms with van der Waals surface area (Å²) >= 11 is 0. The van der Waals surface area contributed by atoms with Crippen molar-refractivity contribution < 1.29 is 22.7 Å². The highest BCUT2D eigenvalue weighted by molar-refractivity contribution is 5.89. The number of hydrogen-bond donors (Lipinski definition) is 1. The summed E-state index contributed by atoms with van der Waals surface area (Å²) in [4.78, 5) is 11.0. The minimum Gasteiger partial charge on any atom is -0.466 e. The second kappa shape index (κ2) is 4.00. The summed E-state index contributed by atoms with van der Waals surface area (Å²) in [6, 6.07) is 0. The van der Waals surface area contributed by atoms with Crippen molar-refractivity contribution in [3.63, 3.8) is 0 Å². The molecule has 0 aliphatic carbocycles. The standard InChI is InChI=1S/C8H10F3NO2/c1-14-7(13)5-2-3-12-4-6(5)8(9,10)11/h12H,2-4H2,1H3. The molecular formula is C8H10F3NO2. The van der Waals surface area contributed by atoms with Gasteiger partial charge in [0.1, 0.15) is 0 Å². The highest BCUT2D eigenvalue weighted by Crippen LogP contribution is 2.30. The third-order valence-corrected chi connectivity index (χ3v) is 1.99. The molecular weight excluding hydrogens is 199 g/mol. The molecule has 1 rings (SSSR count). The van der Waals surface area contributed by atoms with Gasteiger partial charge < -0.3 is 10.1 Å². The van der Waals surface area contributed by atoms with Crippen LogP contribution in [0.5, 0.6) is 0 Å². The first-order valence-corrected chi connectivity index (χ1v) is 4.05. The fourth-order valence-electron chi connectivity index (χ4n) is 1.30. The molecule has 0 unspecified atom stereocenters. The number of alkyl halides is 3. The third-order valence-electron chi connectivity index (χ3n) is 1.99. The molecule has 0 bridgehead atoms. The zero-order valence-corrected chi connectivity index (χ0v) is 7.57. The van der Waals surface area contributed by atoms with Gasteiger partial charge in [-0.25, -0.2) is 4.79 Å². The number of carbonyl (C=O) groups excluding carboxylic acids is 1. The lowest BCUT2D eigenvalue weighted by atomic mass is 10.0. The van der Waals surface area contributed by atoms with Crippen LogP contribution in [0, 0.1) is 0 Å². The van der Waals surface area contributed by atoms with Gasteiger partial charge in [-0.05, 0) is 13.0 Å². The largest absolute Gasteiger partial charge is 0.466 e. The Labute approximate surface area is 78.9 Å². The molecule has 0 spiro atoms. The quantitative estimate of drug-likeness (QED) is 0.655. The van der Waals surface area contributed by atoms with Crippen molar-refractivity contribution in [3.8, 4) is 0 Å².